The molecule has 2 heteroatoms. The van der Waals surface area contributed by atoms with E-state index in [0.717, 1.165) is 5.69 Å². The Kier molecular flexibility index (Phi) is 3.85. The zero-order chi connectivity index (χ0) is 12.3. The number of hydrogen-bond acceptors (Lipinski definition) is 2. The first-order valence-corrected chi connectivity index (χ1v) is 6.68. The van der Waals surface area contributed by atoms with Gasteiger partial charge in [0.25, 0.3) is 0 Å². The highest BCUT2D eigenvalue weighted by molar-refractivity contribution is 7.99. The summed E-state index contributed by atoms with van der Waals surface area (Å²) in [4.78, 5) is 6.85. The maximum absolute atomic E-state index is 4.33. The molecule has 0 amide bonds. The molecule has 2 rings (SSSR count). The quantitative estimate of drug-likeness (QED) is 0.777. The zero-order valence-electron chi connectivity index (χ0n) is 10.5. The van der Waals surface area contributed by atoms with Gasteiger partial charge in [0.2, 0.25) is 0 Å². The van der Waals surface area contributed by atoms with Crippen molar-refractivity contribution in [3.63, 3.8) is 0 Å². The van der Waals surface area contributed by atoms with Gasteiger partial charge < -0.3 is 0 Å². The fourth-order valence-electron chi connectivity index (χ4n) is 1.69. The first-order valence-electron chi connectivity index (χ1n) is 5.86. The molecule has 1 heterocycles. The van der Waals surface area contributed by atoms with Gasteiger partial charge in [-0.05, 0) is 36.6 Å². The van der Waals surface area contributed by atoms with Crippen molar-refractivity contribution in [2.24, 2.45) is 0 Å². The average Bonchev–Trinajstić information content (AvgIpc) is 2.32. The Morgan fingerprint density at radius 3 is 2.47 bits per heavy atom. The smallest absolute Gasteiger partial charge is 0.0410 e. The summed E-state index contributed by atoms with van der Waals surface area (Å²) >= 11 is 1.79. The van der Waals surface area contributed by atoms with Gasteiger partial charge in [-0.1, -0.05) is 43.8 Å². The highest BCUT2D eigenvalue weighted by Gasteiger charge is 2.07. The SMILES string of the molecule is Cc1ccc(Sc2ccccc2C(C)C)cn1. The monoisotopic (exact) mass is 243 g/mol. The molecule has 1 aromatic carbocycles. The van der Waals surface area contributed by atoms with Crippen LogP contribution >= 0.6 is 11.8 Å². The second-order valence-corrected chi connectivity index (χ2v) is 5.55. The average molecular weight is 243 g/mol. The molecule has 0 N–H and O–H groups in total. The lowest BCUT2D eigenvalue weighted by molar-refractivity contribution is 0.842. The molecule has 88 valence electrons. The maximum atomic E-state index is 4.33. The van der Waals surface area contributed by atoms with Crippen molar-refractivity contribution < 1.29 is 0 Å². The van der Waals surface area contributed by atoms with Crippen LogP contribution in [0.5, 0.6) is 0 Å². The molecule has 0 fully saturated rings. The molecule has 0 atom stereocenters. The van der Waals surface area contributed by atoms with Crippen LogP contribution in [0.25, 0.3) is 0 Å². The predicted molar refractivity (Wildman–Crippen MR) is 73.6 cm³/mol. The summed E-state index contributed by atoms with van der Waals surface area (Å²) in [6, 6.07) is 12.8. The van der Waals surface area contributed by atoms with Gasteiger partial charge in [0.15, 0.2) is 0 Å². The van der Waals surface area contributed by atoms with E-state index in [2.05, 4.69) is 55.2 Å². The molecular formula is C15H17NS. The Morgan fingerprint density at radius 2 is 1.82 bits per heavy atom. The van der Waals surface area contributed by atoms with E-state index >= 15 is 0 Å². The largest absolute Gasteiger partial charge is 0.260 e. The van der Waals surface area contributed by atoms with Gasteiger partial charge in [0, 0.05) is 21.7 Å². The fourth-order valence-corrected chi connectivity index (χ4v) is 2.76. The molecule has 0 aliphatic heterocycles. The standard InChI is InChI=1S/C15H17NS/c1-11(2)14-6-4-5-7-15(14)17-13-9-8-12(3)16-10-13/h4-11H,1-3H3. The van der Waals surface area contributed by atoms with Crippen LogP contribution in [0.15, 0.2) is 52.4 Å². The lowest BCUT2D eigenvalue weighted by atomic mass is 10.0. The third-order valence-corrected chi connectivity index (χ3v) is 3.72. The van der Waals surface area contributed by atoms with Crippen molar-refractivity contribution in [1.82, 2.24) is 4.98 Å². The minimum Gasteiger partial charge on any atom is -0.260 e. The van der Waals surface area contributed by atoms with Crippen molar-refractivity contribution >= 4 is 11.8 Å². The number of pyridine rings is 1. The Balaban J connectivity index is 2.26. The van der Waals surface area contributed by atoms with Crippen LogP contribution in [-0.4, -0.2) is 4.98 Å². The van der Waals surface area contributed by atoms with Gasteiger partial charge in [-0.25, -0.2) is 0 Å². The van der Waals surface area contributed by atoms with Gasteiger partial charge in [0.1, 0.15) is 0 Å². The molecule has 0 saturated heterocycles. The van der Waals surface area contributed by atoms with Crippen LogP contribution in [0, 0.1) is 6.92 Å². The number of rotatable bonds is 3. The summed E-state index contributed by atoms with van der Waals surface area (Å²) in [5, 5.41) is 0. The normalized spacial score (nSPS) is 10.8. The van der Waals surface area contributed by atoms with Crippen molar-refractivity contribution in [3.05, 3.63) is 53.9 Å². The number of aryl methyl sites for hydroxylation is 1. The first kappa shape index (κ1) is 12.2. The molecule has 1 nitrogen and oxygen atoms in total. The molecule has 0 bridgehead atoms. The fraction of sp³-hybridized carbons (Fsp3) is 0.267. The Labute approximate surface area is 107 Å². The van der Waals surface area contributed by atoms with Gasteiger partial charge in [-0.3, -0.25) is 4.98 Å². The van der Waals surface area contributed by atoms with Gasteiger partial charge >= 0.3 is 0 Å². The Hall–Kier alpha value is -1.28. The lowest BCUT2D eigenvalue weighted by Gasteiger charge is -2.11. The minimum absolute atomic E-state index is 0.553. The maximum Gasteiger partial charge on any atom is 0.0410 e. The molecular weight excluding hydrogens is 226 g/mol. The van der Waals surface area contributed by atoms with E-state index in [1.54, 1.807) is 11.8 Å². The van der Waals surface area contributed by atoms with E-state index in [0.29, 0.717) is 5.92 Å². The zero-order valence-corrected chi connectivity index (χ0v) is 11.3. The molecule has 1 aromatic heterocycles. The topological polar surface area (TPSA) is 12.9 Å². The minimum atomic E-state index is 0.553. The van der Waals surface area contributed by atoms with Crippen LogP contribution in [0.3, 0.4) is 0 Å². The summed E-state index contributed by atoms with van der Waals surface area (Å²) in [7, 11) is 0. The summed E-state index contributed by atoms with van der Waals surface area (Å²) in [6.45, 7) is 6.47. The summed E-state index contributed by atoms with van der Waals surface area (Å²) in [5.41, 5.74) is 2.46. The van der Waals surface area contributed by atoms with Gasteiger partial charge in [-0.2, -0.15) is 0 Å². The van der Waals surface area contributed by atoms with Crippen LogP contribution in [0.4, 0.5) is 0 Å². The van der Waals surface area contributed by atoms with E-state index in [-0.39, 0.29) is 0 Å². The molecule has 0 radical (unpaired) electrons. The molecule has 0 aliphatic carbocycles. The predicted octanol–water partition coefficient (Wildman–Crippen LogP) is 4.66. The molecule has 0 saturated carbocycles. The molecule has 0 aliphatic rings. The number of hydrogen-bond donors (Lipinski definition) is 0. The van der Waals surface area contributed by atoms with Crippen LogP contribution in [-0.2, 0) is 0 Å². The number of aromatic nitrogens is 1. The van der Waals surface area contributed by atoms with Crippen molar-refractivity contribution in [1.29, 1.82) is 0 Å². The number of nitrogens with zero attached hydrogens (tertiary/aromatic N) is 1. The van der Waals surface area contributed by atoms with Gasteiger partial charge in [-0.15, -0.1) is 0 Å². The third-order valence-electron chi connectivity index (χ3n) is 2.65. The lowest BCUT2D eigenvalue weighted by Crippen LogP contribution is -1.90. The van der Waals surface area contributed by atoms with Crippen molar-refractivity contribution in [3.8, 4) is 0 Å². The summed E-state index contributed by atoms with van der Waals surface area (Å²) < 4.78 is 0. The molecule has 0 unspecified atom stereocenters. The van der Waals surface area contributed by atoms with E-state index in [1.807, 2.05) is 13.1 Å². The Morgan fingerprint density at radius 1 is 1.06 bits per heavy atom. The molecule has 0 spiro atoms. The van der Waals surface area contributed by atoms with Crippen LogP contribution in [0.1, 0.15) is 31.0 Å². The highest BCUT2D eigenvalue weighted by Crippen LogP contribution is 2.33. The van der Waals surface area contributed by atoms with E-state index in [4.69, 9.17) is 0 Å². The third kappa shape index (κ3) is 3.10. The van der Waals surface area contributed by atoms with Crippen LogP contribution in [0.2, 0.25) is 0 Å². The summed E-state index contributed by atoms with van der Waals surface area (Å²) in [5.74, 6) is 0.553. The molecule has 17 heavy (non-hydrogen) atoms. The van der Waals surface area contributed by atoms with E-state index in [9.17, 15) is 0 Å². The van der Waals surface area contributed by atoms with E-state index in [1.165, 1.54) is 15.4 Å². The second-order valence-electron chi connectivity index (χ2n) is 4.43. The van der Waals surface area contributed by atoms with Crippen LogP contribution < -0.4 is 0 Å². The van der Waals surface area contributed by atoms with Crippen molar-refractivity contribution in [2.45, 2.75) is 36.5 Å². The first-order chi connectivity index (χ1) is 8.16. The summed E-state index contributed by atoms with van der Waals surface area (Å²) in [6.07, 6.45) is 1.94. The van der Waals surface area contributed by atoms with Crippen molar-refractivity contribution in [2.75, 3.05) is 0 Å². The second kappa shape index (κ2) is 5.37. The van der Waals surface area contributed by atoms with E-state index < -0.39 is 0 Å². The highest BCUT2D eigenvalue weighted by atomic mass is 32.2. The molecule has 2 aromatic rings. The van der Waals surface area contributed by atoms with Gasteiger partial charge in [0.05, 0.1) is 0 Å². The number of benzene rings is 1. The Bertz CT molecular complexity index is 489.